The van der Waals surface area contributed by atoms with Crippen LogP contribution in [-0.4, -0.2) is 38.4 Å². The summed E-state index contributed by atoms with van der Waals surface area (Å²) >= 11 is 0. The van der Waals surface area contributed by atoms with E-state index in [1.807, 2.05) is 4.90 Å². The van der Waals surface area contributed by atoms with Crippen LogP contribution in [-0.2, 0) is 17.8 Å². The average molecular weight is 368 g/mol. The molecule has 1 saturated heterocycles. The predicted molar refractivity (Wildman–Crippen MR) is 96.5 cm³/mol. The highest BCUT2D eigenvalue weighted by Gasteiger charge is 2.27. The van der Waals surface area contributed by atoms with Crippen LogP contribution in [0.25, 0.3) is 0 Å². The van der Waals surface area contributed by atoms with Crippen molar-refractivity contribution in [1.82, 2.24) is 19.4 Å². The smallest absolute Gasteiger partial charge is 0.242 e. The first-order chi connectivity index (χ1) is 13.2. The molecule has 1 aliphatic rings. The van der Waals surface area contributed by atoms with Gasteiger partial charge in [-0.1, -0.05) is 12.1 Å². The first kappa shape index (κ1) is 17.5. The van der Waals surface area contributed by atoms with Crippen LogP contribution in [0.2, 0.25) is 0 Å². The highest BCUT2D eigenvalue weighted by molar-refractivity contribution is 5.76. The summed E-state index contributed by atoms with van der Waals surface area (Å²) in [6.07, 6.45) is 9.28. The van der Waals surface area contributed by atoms with Crippen LogP contribution in [0.3, 0.4) is 0 Å². The zero-order valence-corrected chi connectivity index (χ0v) is 14.9. The Labute approximate surface area is 156 Å². The number of carbonyl (C=O) groups is 1. The van der Waals surface area contributed by atoms with Crippen molar-refractivity contribution in [1.29, 1.82) is 0 Å². The van der Waals surface area contributed by atoms with Crippen molar-refractivity contribution >= 4 is 5.91 Å². The molecule has 1 aromatic carbocycles. The SMILES string of the molecule is O=C(Cn1ccnc1)N1CCC[C@@H](c2ncc(Cc3ccc(F)cc3)o2)C1. The minimum absolute atomic E-state index is 0.0794. The van der Waals surface area contributed by atoms with Gasteiger partial charge in [-0.3, -0.25) is 4.79 Å². The normalized spacial score (nSPS) is 17.2. The summed E-state index contributed by atoms with van der Waals surface area (Å²) < 4.78 is 20.7. The number of hydrogen-bond donors (Lipinski definition) is 0. The molecular formula is C20H21FN4O2. The molecule has 3 aromatic rings. The van der Waals surface area contributed by atoms with Gasteiger partial charge < -0.3 is 13.9 Å². The molecule has 0 bridgehead atoms. The topological polar surface area (TPSA) is 64.2 Å². The largest absolute Gasteiger partial charge is 0.445 e. The van der Waals surface area contributed by atoms with Gasteiger partial charge in [-0.15, -0.1) is 0 Å². The molecule has 1 amide bonds. The number of carbonyl (C=O) groups excluding carboxylic acids is 1. The molecule has 27 heavy (non-hydrogen) atoms. The van der Waals surface area contributed by atoms with Gasteiger partial charge in [0.2, 0.25) is 5.91 Å². The van der Waals surface area contributed by atoms with Crippen molar-refractivity contribution in [2.75, 3.05) is 13.1 Å². The fourth-order valence-corrected chi connectivity index (χ4v) is 3.44. The first-order valence-electron chi connectivity index (χ1n) is 9.10. The van der Waals surface area contributed by atoms with Gasteiger partial charge in [0.25, 0.3) is 0 Å². The molecule has 1 aliphatic heterocycles. The maximum absolute atomic E-state index is 13.0. The molecular weight excluding hydrogens is 347 g/mol. The van der Waals surface area contributed by atoms with Crippen LogP contribution < -0.4 is 0 Å². The van der Waals surface area contributed by atoms with E-state index in [-0.39, 0.29) is 17.6 Å². The fourth-order valence-electron chi connectivity index (χ4n) is 3.44. The first-order valence-corrected chi connectivity index (χ1v) is 9.10. The third kappa shape index (κ3) is 4.24. The van der Waals surface area contributed by atoms with Crippen molar-refractivity contribution in [3.8, 4) is 0 Å². The molecule has 3 heterocycles. The van der Waals surface area contributed by atoms with Crippen LogP contribution in [0.4, 0.5) is 4.39 Å². The standard InChI is InChI=1S/C20H21FN4O2/c21-17-5-3-15(4-6-17)10-18-11-23-20(27-18)16-2-1-8-25(12-16)19(26)13-24-9-7-22-14-24/h3-7,9,11,14,16H,1-2,8,10,12-13H2/t16-/m1/s1. The molecule has 0 spiro atoms. The number of hydrogen-bond acceptors (Lipinski definition) is 4. The monoisotopic (exact) mass is 368 g/mol. The van der Waals surface area contributed by atoms with E-state index in [4.69, 9.17) is 4.42 Å². The Morgan fingerprint density at radius 2 is 2.15 bits per heavy atom. The number of piperidine rings is 1. The fraction of sp³-hybridized carbons (Fsp3) is 0.350. The lowest BCUT2D eigenvalue weighted by atomic mass is 9.98. The van der Waals surface area contributed by atoms with Crippen LogP contribution in [0.5, 0.6) is 0 Å². The maximum Gasteiger partial charge on any atom is 0.242 e. The zero-order valence-electron chi connectivity index (χ0n) is 14.9. The molecule has 1 atom stereocenters. The summed E-state index contributed by atoms with van der Waals surface area (Å²) in [6.45, 7) is 1.67. The molecule has 0 saturated carbocycles. The van der Waals surface area contributed by atoms with Crippen LogP contribution in [0.15, 0.2) is 53.6 Å². The summed E-state index contributed by atoms with van der Waals surface area (Å²) in [7, 11) is 0. The Morgan fingerprint density at radius 1 is 1.30 bits per heavy atom. The minimum atomic E-state index is -0.250. The zero-order chi connectivity index (χ0) is 18.6. The molecule has 0 radical (unpaired) electrons. The van der Waals surface area contributed by atoms with E-state index in [1.165, 1.54) is 12.1 Å². The van der Waals surface area contributed by atoms with E-state index in [0.717, 1.165) is 30.7 Å². The number of aromatic nitrogens is 3. The molecule has 4 rings (SSSR count). The molecule has 0 unspecified atom stereocenters. The maximum atomic E-state index is 13.0. The Morgan fingerprint density at radius 3 is 2.93 bits per heavy atom. The van der Waals surface area contributed by atoms with E-state index in [0.29, 0.717) is 25.4 Å². The Balaban J connectivity index is 1.39. The summed E-state index contributed by atoms with van der Waals surface area (Å²) in [5, 5.41) is 0. The second-order valence-electron chi connectivity index (χ2n) is 6.88. The third-order valence-electron chi connectivity index (χ3n) is 4.86. The highest BCUT2D eigenvalue weighted by atomic mass is 19.1. The number of halogens is 1. The number of oxazole rings is 1. The molecule has 6 nitrogen and oxygen atoms in total. The predicted octanol–water partition coefficient (Wildman–Crippen LogP) is 3.01. The molecule has 0 N–H and O–H groups in total. The number of imidazole rings is 1. The van der Waals surface area contributed by atoms with Crippen molar-refractivity contribution in [3.05, 3.63) is 72.2 Å². The second-order valence-corrected chi connectivity index (χ2v) is 6.88. The van der Waals surface area contributed by atoms with E-state index < -0.39 is 0 Å². The Kier molecular flexibility index (Phi) is 5.00. The lowest BCUT2D eigenvalue weighted by molar-refractivity contribution is -0.133. The van der Waals surface area contributed by atoms with Gasteiger partial charge in [-0.25, -0.2) is 14.4 Å². The van der Waals surface area contributed by atoms with Gasteiger partial charge in [-0.05, 0) is 30.5 Å². The number of likely N-dealkylation sites (tertiary alicyclic amines) is 1. The van der Waals surface area contributed by atoms with E-state index in [9.17, 15) is 9.18 Å². The van der Waals surface area contributed by atoms with Gasteiger partial charge in [0.15, 0.2) is 5.89 Å². The van der Waals surface area contributed by atoms with Crippen molar-refractivity contribution in [2.24, 2.45) is 0 Å². The van der Waals surface area contributed by atoms with E-state index >= 15 is 0 Å². The molecule has 1 fully saturated rings. The summed E-state index contributed by atoms with van der Waals surface area (Å²) in [5.74, 6) is 1.36. The van der Waals surface area contributed by atoms with Crippen molar-refractivity contribution in [2.45, 2.75) is 31.7 Å². The number of amides is 1. The van der Waals surface area contributed by atoms with Crippen LogP contribution in [0.1, 0.15) is 36.0 Å². The Hall–Kier alpha value is -2.96. The summed E-state index contributed by atoms with van der Waals surface area (Å²) in [5.41, 5.74) is 0.972. The van der Waals surface area contributed by atoms with Gasteiger partial charge in [0.05, 0.1) is 18.4 Å². The summed E-state index contributed by atoms with van der Waals surface area (Å²) in [4.78, 5) is 22.8. The second kappa shape index (κ2) is 7.73. The lowest BCUT2D eigenvalue weighted by Gasteiger charge is -2.31. The third-order valence-corrected chi connectivity index (χ3v) is 4.86. The van der Waals surface area contributed by atoms with Gasteiger partial charge in [0.1, 0.15) is 18.1 Å². The number of benzene rings is 1. The van der Waals surface area contributed by atoms with E-state index in [1.54, 1.807) is 41.6 Å². The molecule has 0 aliphatic carbocycles. The van der Waals surface area contributed by atoms with E-state index in [2.05, 4.69) is 9.97 Å². The van der Waals surface area contributed by atoms with Crippen molar-refractivity contribution in [3.63, 3.8) is 0 Å². The number of nitrogens with zero attached hydrogens (tertiary/aromatic N) is 4. The quantitative estimate of drug-likeness (QED) is 0.694. The highest BCUT2D eigenvalue weighted by Crippen LogP contribution is 2.27. The van der Waals surface area contributed by atoms with Crippen molar-refractivity contribution < 1.29 is 13.6 Å². The van der Waals surface area contributed by atoms with Crippen LogP contribution in [0, 0.1) is 5.82 Å². The minimum Gasteiger partial charge on any atom is -0.445 e. The number of rotatable bonds is 5. The molecule has 7 heteroatoms. The van der Waals surface area contributed by atoms with Gasteiger partial charge in [-0.2, -0.15) is 0 Å². The summed E-state index contributed by atoms with van der Waals surface area (Å²) in [6, 6.07) is 6.37. The molecule has 2 aromatic heterocycles. The molecule has 140 valence electrons. The average Bonchev–Trinajstić information content (AvgIpc) is 3.36. The van der Waals surface area contributed by atoms with Gasteiger partial charge in [0, 0.05) is 31.9 Å². The van der Waals surface area contributed by atoms with Gasteiger partial charge >= 0.3 is 0 Å². The lowest BCUT2D eigenvalue weighted by Crippen LogP contribution is -2.40. The Bertz CT molecular complexity index is 889. The van der Waals surface area contributed by atoms with Crippen LogP contribution >= 0.6 is 0 Å².